The Morgan fingerprint density at radius 1 is 0.778 bits per heavy atom. The third-order valence-corrected chi connectivity index (χ3v) is 11.9. The number of aryl methyl sites for hydroxylation is 2. The zero-order valence-corrected chi connectivity index (χ0v) is 37.0. The van der Waals surface area contributed by atoms with Crippen molar-refractivity contribution in [1.82, 2.24) is 30.2 Å². The number of anilines is 2. The molecule has 0 aliphatic carbocycles. The number of ether oxygens (including phenoxy) is 2. The molecule has 2 atom stereocenters. The first kappa shape index (κ1) is 46.6. The van der Waals surface area contributed by atoms with Gasteiger partial charge in [0.25, 0.3) is 5.91 Å². The number of hydrogen-bond donors (Lipinski definition) is 2. The number of nitrogens with zero attached hydrogens (tertiary/aromatic N) is 7. The van der Waals surface area contributed by atoms with Crippen LogP contribution in [0, 0.1) is 11.8 Å². The molecule has 2 fully saturated rings. The topological polar surface area (TPSA) is 180 Å². The van der Waals surface area contributed by atoms with E-state index in [-0.39, 0.29) is 29.2 Å². The maximum Gasteiger partial charge on any atom is 0.335 e. The fraction of sp³-hybridized carbons (Fsp3) is 0.391. The zero-order chi connectivity index (χ0) is 45.0. The van der Waals surface area contributed by atoms with Crippen LogP contribution in [0.1, 0.15) is 69.2 Å². The van der Waals surface area contributed by atoms with Crippen molar-refractivity contribution < 1.29 is 33.8 Å². The predicted octanol–water partition coefficient (Wildman–Crippen LogP) is 6.45. The standard InChI is InChI=1S/C23H25ClN4O3.C13H13NO3.C10H14ClN3O/c1-3-21(29)28-9-4-5-16-12-17(6-7-19(16)28)23(30)27-10-8-15(14-27)11-20-25-13-18(24)22(26-20)31-2;1-2-12(15)14-7-3-4-9-8-10(13(16)17)5-6-11(9)14;1-15-10-8(11)6-13-9(14-10)4-7-2-3-12-5-7/h3,6-7,12-13,15H,1,4-5,8-11,14H2,2H3;2,5-6,8H,1,3-4,7H2,(H,16,17);6-7,12H,2-5H2,1H3/t15-;;7-/m0.0/s1. The van der Waals surface area contributed by atoms with Crippen molar-refractivity contribution in [3.05, 3.63) is 118 Å². The lowest BCUT2D eigenvalue weighted by Crippen LogP contribution is -2.34. The van der Waals surface area contributed by atoms with Gasteiger partial charge in [-0.3, -0.25) is 14.4 Å². The second kappa shape index (κ2) is 21.9. The molecule has 63 heavy (non-hydrogen) atoms. The van der Waals surface area contributed by atoms with Crippen LogP contribution in [0.3, 0.4) is 0 Å². The molecule has 3 amide bonds. The Morgan fingerprint density at radius 3 is 1.79 bits per heavy atom. The number of carboxylic acid groups (broad SMARTS) is 1. The third-order valence-electron chi connectivity index (χ3n) is 11.4. The average molecular weight is 900 g/mol. The third kappa shape index (κ3) is 11.8. The van der Waals surface area contributed by atoms with Crippen LogP contribution in [0.25, 0.3) is 0 Å². The van der Waals surface area contributed by atoms with Gasteiger partial charge >= 0.3 is 5.97 Å². The van der Waals surface area contributed by atoms with Crippen molar-refractivity contribution in [1.29, 1.82) is 0 Å². The zero-order valence-electron chi connectivity index (χ0n) is 35.5. The number of likely N-dealkylation sites (tertiary alicyclic amines) is 1. The summed E-state index contributed by atoms with van der Waals surface area (Å²) in [5.41, 5.74) is 4.54. The largest absolute Gasteiger partial charge is 0.480 e. The summed E-state index contributed by atoms with van der Waals surface area (Å²) in [4.78, 5) is 70.1. The predicted molar refractivity (Wildman–Crippen MR) is 241 cm³/mol. The molecule has 4 aliphatic rings. The number of aromatic carboxylic acids is 1. The molecule has 15 nitrogen and oxygen atoms in total. The van der Waals surface area contributed by atoms with Gasteiger partial charge in [-0.15, -0.1) is 0 Å². The van der Waals surface area contributed by atoms with Crippen LogP contribution in [0.5, 0.6) is 11.8 Å². The lowest BCUT2D eigenvalue weighted by molar-refractivity contribution is -0.115. The van der Waals surface area contributed by atoms with Gasteiger partial charge in [0, 0.05) is 56.0 Å². The summed E-state index contributed by atoms with van der Waals surface area (Å²) in [5.74, 6) is 2.06. The van der Waals surface area contributed by atoms with Gasteiger partial charge in [0.15, 0.2) is 0 Å². The van der Waals surface area contributed by atoms with Crippen molar-refractivity contribution >= 4 is 58.3 Å². The van der Waals surface area contributed by atoms with E-state index in [0.717, 1.165) is 79.9 Å². The Bertz CT molecular complexity index is 2340. The van der Waals surface area contributed by atoms with Gasteiger partial charge in [-0.2, -0.15) is 9.97 Å². The second-order valence-corrected chi connectivity index (χ2v) is 16.4. The molecule has 0 radical (unpaired) electrons. The van der Waals surface area contributed by atoms with Crippen LogP contribution in [-0.2, 0) is 35.3 Å². The molecule has 2 saturated heterocycles. The Hall–Kier alpha value is -5.90. The van der Waals surface area contributed by atoms with Crippen molar-refractivity contribution in [2.24, 2.45) is 11.8 Å². The highest BCUT2D eigenvalue weighted by Crippen LogP contribution is 2.31. The van der Waals surface area contributed by atoms with E-state index >= 15 is 0 Å². The molecule has 8 rings (SSSR count). The SMILES string of the molecule is C=CC(=O)N1CCCc2cc(C(=O)N3CC[C@@H](Cc4ncc(Cl)c(OC)n4)C3)ccc21.C=CC(=O)N1CCCc2cc(C(=O)O)ccc21.COc1nc(C[C@@H]2CCNC2)ncc1Cl. The number of carbonyl (C=O) groups excluding carboxylic acids is 3. The summed E-state index contributed by atoms with van der Waals surface area (Å²) >= 11 is 11.9. The Balaban J connectivity index is 0.000000174. The number of nitrogens with one attached hydrogen (secondary N) is 1. The number of fused-ring (bicyclic) bond motifs is 2. The minimum Gasteiger partial charge on any atom is -0.480 e. The van der Waals surface area contributed by atoms with Crippen LogP contribution in [-0.4, -0.2) is 107 Å². The van der Waals surface area contributed by atoms with Gasteiger partial charge in [0.2, 0.25) is 23.6 Å². The van der Waals surface area contributed by atoms with Crippen LogP contribution in [0.4, 0.5) is 11.4 Å². The van der Waals surface area contributed by atoms with E-state index in [0.29, 0.717) is 71.7 Å². The van der Waals surface area contributed by atoms with E-state index in [1.165, 1.54) is 31.7 Å². The van der Waals surface area contributed by atoms with E-state index in [2.05, 4.69) is 38.4 Å². The first-order chi connectivity index (χ1) is 30.4. The molecule has 0 unspecified atom stereocenters. The molecule has 6 heterocycles. The van der Waals surface area contributed by atoms with E-state index < -0.39 is 5.97 Å². The first-order valence-electron chi connectivity index (χ1n) is 20.9. The normalized spacial score (nSPS) is 17.5. The lowest BCUT2D eigenvalue weighted by atomic mass is 9.98. The number of rotatable bonds is 10. The summed E-state index contributed by atoms with van der Waals surface area (Å²) in [7, 11) is 3.09. The molecule has 332 valence electrons. The van der Waals surface area contributed by atoms with Gasteiger partial charge in [-0.25, -0.2) is 14.8 Å². The van der Waals surface area contributed by atoms with Crippen molar-refractivity contribution in [2.45, 2.75) is 51.4 Å². The number of benzene rings is 2. The highest BCUT2D eigenvalue weighted by Gasteiger charge is 2.30. The van der Waals surface area contributed by atoms with Crippen LogP contribution in [0.2, 0.25) is 10.0 Å². The summed E-state index contributed by atoms with van der Waals surface area (Å²) < 4.78 is 10.2. The summed E-state index contributed by atoms with van der Waals surface area (Å²) in [5, 5.41) is 13.1. The molecule has 17 heteroatoms. The van der Waals surface area contributed by atoms with Crippen LogP contribution in [0.15, 0.2) is 74.1 Å². The number of halogens is 2. The second-order valence-electron chi connectivity index (χ2n) is 15.5. The highest BCUT2D eigenvalue weighted by atomic mass is 35.5. The van der Waals surface area contributed by atoms with Crippen molar-refractivity contribution in [3.63, 3.8) is 0 Å². The molecule has 0 saturated carbocycles. The maximum atomic E-state index is 13.1. The quantitative estimate of drug-likeness (QED) is 0.167. The maximum absolute atomic E-state index is 13.1. The van der Waals surface area contributed by atoms with Gasteiger partial charge in [-0.05, 0) is 123 Å². The highest BCUT2D eigenvalue weighted by molar-refractivity contribution is 6.32. The number of aromatic nitrogens is 4. The smallest absolute Gasteiger partial charge is 0.335 e. The minimum atomic E-state index is -0.944. The summed E-state index contributed by atoms with van der Waals surface area (Å²) in [6, 6.07) is 10.5. The van der Waals surface area contributed by atoms with Gasteiger partial charge < -0.3 is 34.6 Å². The van der Waals surface area contributed by atoms with Crippen molar-refractivity contribution in [2.75, 3.05) is 63.3 Å². The molecule has 0 spiro atoms. The molecule has 2 N–H and O–H groups in total. The van der Waals surface area contributed by atoms with Gasteiger partial charge in [-0.1, -0.05) is 36.4 Å². The lowest BCUT2D eigenvalue weighted by Gasteiger charge is -2.29. The Kier molecular flexibility index (Phi) is 16.2. The Labute approximate surface area is 377 Å². The Morgan fingerprint density at radius 2 is 1.30 bits per heavy atom. The number of amides is 3. The van der Waals surface area contributed by atoms with E-state index in [4.69, 9.17) is 37.8 Å². The first-order valence-corrected chi connectivity index (χ1v) is 21.7. The molecule has 0 bridgehead atoms. The van der Waals surface area contributed by atoms with E-state index in [1.54, 1.807) is 41.4 Å². The fourth-order valence-electron chi connectivity index (χ4n) is 8.16. The summed E-state index contributed by atoms with van der Waals surface area (Å²) in [6.07, 6.45) is 12.8. The van der Waals surface area contributed by atoms with Crippen molar-refractivity contribution in [3.8, 4) is 11.8 Å². The van der Waals surface area contributed by atoms with E-state index in [9.17, 15) is 19.2 Å². The van der Waals surface area contributed by atoms with Crippen LogP contribution < -0.4 is 24.6 Å². The monoisotopic (exact) mass is 898 g/mol. The molecular weight excluding hydrogens is 847 g/mol. The molecule has 2 aromatic carbocycles. The molecule has 4 aromatic rings. The number of methoxy groups -OCH3 is 2. The van der Waals surface area contributed by atoms with E-state index in [1.807, 2.05) is 23.1 Å². The minimum absolute atomic E-state index is 0.0204. The number of hydrogen-bond acceptors (Lipinski definition) is 11. The fourth-order valence-corrected chi connectivity index (χ4v) is 8.50. The van der Waals surface area contributed by atoms with Crippen LogP contribution >= 0.6 is 23.2 Å². The average Bonchev–Trinajstić information content (AvgIpc) is 4.01. The number of carboxylic acids is 1. The molecule has 4 aliphatic heterocycles. The summed E-state index contributed by atoms with van der Waals surface area (Å²) in [6.45, 7) is 11.9. The van der Waals surface area contributed by atoms with Gasteiger partial charge in [0.1, 0.15) is 21.7 Å². The number of carbonyl (C=O) groups is 4. The molecule has 2 aromatic heterocycles. The van der Waals surface area contributed by atoms with Gasteiger partial charge in [0.05, 0.1) is 32.2 Å². The molecular formula is C46H52Cl2N8O7.